The summed E-state index contributed by atoms with van der Waals surface area (Å²) in [5.74, 6) is 1.49. The number of rotatable bonds is 4. The maximum Gasteiger partial charge on any atom is 0.126 e. The molecule has 1 aromatic carbocycles. The van der Waals surface area contributed by atoms with E-state index < -0.39 is 0 Å². The summed E-state index contributed by atoms with van der Waals surface area (Å²) in [4.78, 5) is 0. The minimum atomic E-state index is 0.00106. The molecule has 0 spiro atoms. The van der Waals surface area contributed by atoms with E-state index in [2.05, 4.69) is 42.8 Å². The molecule has 17 heavy (non-hydrogen) atoms. The summed E-state index contributed by atoms with van der Waals surface area (Å²) in [6, 6.07) is 2.08. The molecule has 0 saturated heterocycles. The van der Waals surface area contributed by atoms with E-state index in [4.69, 9.17) is 16.3 Å². The van der Waals surface area contributed by atoms with Gasteiger partial charge in [0, 0.05) is 10.0 Å². The Morgan fingerprint density at radius 3 is 2.41 bits per heavy atom. The molecular weight excluding hydrogens is 300 g/mol. The van der Waals surface area contributed by atoms with Gasteiger partial charge in [0.25, 0.3) is 0 Å². The lowest BCUT2D eigenvalue weighted by Gasteiger charge is -2.21. The normalized spacial score (nSPS) is 12.9. The molecule has 0 bridgehead atoms. The number of ether oxygens (including phenoxy) is 1. The zero-order valence-corrected chi connectivity index (χ0v) is 13.4. The van der Waals surface area contributed by atoms with Gasteiger partial charge < -0.3 is 4.74 Å². The summed E-state index contributed by atoms with van der Waals surface area (Å²) in [5, 5.41) is 0.00106. The van der Waals surface area contributed by atoms with E-state index in [1.165, 1.54) is 5.56 Å². The van der Waals surface area contributed by atoms with Crippen LogP contribution in [0.1, 0.15) is 42.3 Å². The Bertz CT molecular complexity index is 402. The van der Waals surface area contributed by atoms with E-state index in [1.807, 2.05) is 6.92 Å². The van der Waals surface area contributed by atoms with Crippen LogP contribution in [0, 0.1) is 19.8 Å². The van der Waals surface area contributed by atoms with Crippen molar-refractivity contribution < 1.29 is 4.74 Å². The van der Waals surface area contributed by atoms with Crippen LogP contribution < -0.4 is 4.74 Å². The predicted octanol–water partition coefficient (Wildman–Crippen LogP) is 5.40. The molecule has 1 rings (SSSR count). The smallest absolute Gasteiger partial charge is 0.126 e. The zero-order valence-electron chi connectivity index (χ0n) is 11.1. The molecule has 1 atom stereocenters. The molecule has 0 N–H and O–H groups in total. The molecule has 0 aliphatic carbocycles. The lowest BCUT2D eigenvalue weighted by molar-refractivity contribution is 0.403. The Kier molecular flexibility index (Phi) is 5.33. The topological polar surface area (TPSA) is 9.23 Å². The van der Waals surface area contributed by atoms with Crippen molar-refractivity contribution in [1.82, 2.24) is 0 Å². The summed E-state index contributed by atoms with van der Waals surface area (Å²) in [6.45, 7) is 8.49. The van der Waals surface area contributed by atoms with Crippen LogP contribution in [0.3, 0.4) is 0 Å². The number of hydrogen-bond acceptors (Lipinski definition) is 1. The van der Waals surface area contributed by atoms with Crippen LogP contribution in [-0.2, 0) is 0 Å². The number of methoxy groups -OCH3 is 1. The number of benzene rings is 1. The number of hydrogen-bond donors (Lipinski definition) is 0. The monoisotopic (exact) mass is 318 g/mol. The van der Waals surface area contributed by atoms with Gasteiger partial charge in [-0.15, -0.1) is 11.6 Å². The van der Waals surface area contributed by atoms with Crippen molar-refractivity contribution >= 4 is 27.5 Å². The van der Waals surface area contributed by atoms with E-state index >= 15 is 0 Å². The second-order valence-corrected chi connectivity index (χ2v) is 6.23. The number of halogens is 2. The highest BCUT2D eigenvalue weighted by Crippen LogP contribution is 2.41. The molecule has 0 saturated carbocycles. The molecule has 0 amide bonds. The fourth-order valence-corrected chi connectivity index (χ4v) is 3.23. The van der Waals surface area contributed by atoms with E-state index in [0.717, 1.165) is 27.8 Å². The SMILES string of the molecule is COc1c(C)cc(Br)c(C)c1C(Cl)CC(C)C. The maximum atomic E-state index is 6.53. The van der Waals surface area contributed by atoms with Crippen LogP contribution in [-0.4, -0.2) is 7.11 Å². The van der Waals surface area contributed by atoms with Crippen molar-refractivity contribution in [2.75, 3.05) is 7.11 Å². The Morgan fingerprint density at radius 1 is 1.35 bits per heavy atom. The van der Waals surface area contributed by atoms with Crippen LogP contribution in [0.15, 0.2) is 10.5 Å². The minimum absolute atomic E-state index is 0.00106. The number of alkyl halides is 1. The van der Waals surface area contributed by atoms with Crippen molar-refractivity contribution in [3.8, 4) is 5.75 Å². The molecule has 1 unspecified atom stereocenters. The zero-order chi connectivity index (χ0) is 13.2. The molecule has 0 radical (unpaired) electrons. The lowest BCUT2D eigenvalue weighted by atomic mass is 9.95. The van der Waals surface area contributed by atoms with Gasteiger partial charge in [-0.25, -0.2) is 0 Å². The molecule has 1 nitrogen and oxygen atoms in total. The Labute approximate surface area is 118 Å². The highest BCUT2D eigenvalue weighted by Gasteiger charge is 2.20. The van der Waals surface area contributed by atoms with Crippen LogP contribution >= 0.6 is 27.5 Å². The summed E-state index contributed by atoms with van der Waals surface area (Å²) in [6.07, 6.45) is 0.953. The van der Waals surface area contributed by atoms with Gasteiger partial charge >= 0.3 is 0 Å². The molecule has 0 heterocycles. The first-order chi connectivity index (χ1) is 7.88. The minimum Gasteiger partial charge on any atom is -0.496 e. The molecule has 0 aliphatic heterocycles. The van der Waals surface area contributed by atoms with Gasteiger partial charge in [-0.3, -0.25) is 0 Å². The first-order valence-electron chi connectivity index (χ1n) is 5.86. The van der Waals surface area contributed by atoms with Crippen LogP contribution in [0.25, 0.3) is 0 Å². The Balaban J connectivity index is 3.28. The fourth-order valence-electron chi connectivity index (χ4n) is 2.06. The molecule has 96 valence electrons. The molecule has 0 aliphatic rings. The van der Waals surface area contributed by atoms with Gasteiger partial charge in [0.05, 0.1) is 12.5 Å². The number of aryl methyl sites for hydroxylation is 1. The second kappa shape index (κ2) is 6.10. The van der Waals surface area contributed by atoms with E-state index in [1.54, 1.807) is 7.11 Å². The van der Waals surface area contributed by atoms with Crippen LogP contribution in [0.4, 0.5) is 0 Å². The van der Waals surface area contributed by atoms with Crippen molar-refractivity contribution in [2.24, 2.45) is 5.92 Å². The molecule has 3 heteroatoms. The summed E-state index contributed by atoms with van der Waals surface area (Å²) < 4.78 is 6.61. The third-order valence-electron chi connectivity index (χ3n) is 2.90. The Hall–Kier alpha value is -0.210. The third kappa shape index (κ3) is 3.38. The summed E-state index contributed by atoms with van der Waals surface area (Å²) in [7, 11) is 1.71. The van der Waals surface area contributed by atoms with Gasteiger partial charge in [0.2, 0.25) is 0 Å². The molecular formula is C14H20BrClO. The van der Waals surface area contributed by atoms with E-state index in [0.29, 0.717) is 5.92 Å². The van der Waals surface area contributed by atoms with Gasteiger partial charge in [-0.05, 0) is 43.4 Å². The van der Waals surface area contributed by atoms with Gasteiger partial charge in [0.15, 0.2) is 0 Å². The van der Waals surface area contributed by atoms with Crippen LogP contribution in [0.5, 0.6) is 5.75 Å². The lowest BCUT2D eigenvalue weighted by Crippen LogP contribution is -2.04. The average molecular weight is 320 g/mol. The van der Waals surface area contributed by atoms with Crippen molar-refractivity contribution in [3.05, 3.63) is 27.2 Å². The first kappa shape index (κ1) is 14.8. The van der Waals surface area contributed by atoms with Crippen molar-refractivity contribution in [2.45, 2.75) is 39.5 Å². The first-order valence-corrected chi connectivity index (χ1v) is 7.09. The average Bonchev–Trinajstić information content (AvgIpc) is 2.21. The fraction of sp³-hybridized carbons (Fsp3) is 0.571. The molecule has 1 aromatic rings. The van der Waals surface area contributed by atoms with Gasteiger partial charge in [-0.1, -0.05) is 29.8 Å². The van der Waals surface area contributed by atoms with Crippen molar-refractivity contribution in [3.63, 3.8) is 0 Å². The maximum absolute atomic E-state index is 6.53. The van der Waals surface area contributed by atoms with Crippen LogP contribution in [0.2, 0.25) is 0 Å². The van der Waals surface area contributed by atoms with Gasteiger partial charge in [-0.2, -0.15) is 0 Å². The summed E-state index contributed by atoms with van der Waals surface area (Å²) in [5.41, 5.74) is 3.41. The summed E-state index contributed by atoms with van der Waals surface area (Å²) >= 11 is 10.1. The largest absolute Gasteiger partial charge is 0.496 e. The van der Waals surface area contributed by atoms with Gasteiger partial charge in [0.1, 0.15) is 5.75 Å². The quantitative estimate of drug-likeness (QED) is 0.675. The Morgan fingerprint density at radius 2 is 1.94 bits per heavy atom. The van der Waals surface area contributed by atoms with E-state index in [-0.39, 0.29) is 5.38 Å². The highest BCUT2D eigenvalue weighted by molar-refractivity contribution is 9.10. The second-order valence-electron chi connectivity index (χ2n) is 4.84. The molecule has 0 fully saturated rings. The highest BCUT2D eigenvalue weighted by atomic mass is 79.9. The predicted molar refractivity (Wildman–Crippen MR) is 78.2 cm³/mol. The molecule has 0 aromatic heterocycles. The van der Waals surface area contributed by atoms with E-state index in [9.17, 15) is 0 Å². The van der Waals surface area contributed by atoms with Crippen molar-refractivity contribution in [1.29, 1.82) is 0 Å². The third-order valence-corrected chi connectivity index (χ3v) is 4.12. The standard InChI is InChI=1S/C14H20BrClO/c1-8(2)6-12(16)13-10(4)11(15)7-9(3)14(13)17-5/h7-8,12H,6H2,1-5H3.